The summed E-state index contributed by atoms with van der Waals surface area (Å²) in [5, 5.41) is 15.9. The predicted molar refractivity (Wildman–Crippen MR) is 66.6 cm³/mol. The Balaban J connectivity index is 1.68. The summed E-state index contributed by atoms with van der Waals surface area (Å²) in [5.74, 6) is 0.607. The summed E-state index contributed by atoms with van der Waals surface area (Å²) in [6.07, 6.45) is 7.12. The van der Waals surface area contributed by atoms with Gasteiger partial charge in [-0.05, 0) is 44.6 Å². The first-order valence-corrected chi connectivity index (χ1v) is 6.95. The Hall–Kier alpha value is -0.610. The van der Waals surface area contributed by atoms with Crippen molar-refractivity contribution in [1.82, 2.24) is 10.6 Å². The maximum atomic E-state index is 11.9. The number of hydrogen-bond donors (Lipinski definition) is 3. The second kappa shape index (κ2) is 6.36. The summed E-state index contributed by atoms with van der Waals surface area (Å²) in [4.78, 5) is 11.9. The molecule has 17 heavy (non-hydrogen) atoms. The molecule has 1 aliphatic carbocycles. The van der Waals surface area contributed by atoms with Crippen molar-refractivity contribution in [3.05, 3.63) is 0 Å². The minimum Gasteiger partial charge on any atom is -0.393 e. The SMILES string of the molecule is O=C(NCC1CCCC(O)C1)[C@@H]1CCCCN1. The van der Waals surface area contributed by atoms with Crippen molar-refractivity contribution in [1.29, 1.82) is 0 Å². The highest BCUT2D eigenvalue weighted by Crippen LogP contribution is 2.23. The van der Waals surface area contributed by atoms with Gasteiger partial charge in [0.05, 0.1) is 12.1 Å². The Kier molecular flexibility index (Phi) is 4.80. The lowest BCUT2D eigenvalue weighted by Gasteiger charge is -2.27. The Morgan fingerprint density at radius 3 is 2.82 bits per heavy atom. The van der Waals surface area contributed by atoms with E-state index in [1.807, 2.05) is 0 Å². The van der Waals surface area contributed by atoms with Crippen LogP contribution in [0.1, 0.15) is 44.9 Å². The highest BCUT2D eigenvalue weighted by atomic mass is 16.3. The molecule has 0 aromatic carbocycles. The van der Waals surface area contributed by atoms with Crippen LogP contribution in [0.4, 0.5) is 0 Å². The van der Waals surface area contributed by atoms with Crippen LogP contribution in [0, 0.1) is 5.92 Å². The number of carbonyl (C=O) groups is 1. The zero-order chi connectivity index (χ0) is 12.1. The van der Waals surface area contributed by atoms with Gasteiger partial charge in [0.25, 0.3) is 0 Å². The fourth-order valence-corrected chi connectivity index (χ4v) is 2.89. The molecule has 0 aromatic heterocycles. The zero-order valence-electron chi connectivity index (χ0n) is 10.5. The van der Waals surface area contributed by atoms with Crippen LogP contribution in [0.5, 0.6) is 0 Å². The molecule has 2 fully saturated rings. The Morgan fingerprint density at radius 2 is 2.12 bits per heavy atom. The maximum Gasteiger partial charge on any atom is 0.237 e. The van der Waals surface area contributed by atoms with Gasteiger partial charge in [-0.3, -0.25) is 4.79 Å². The number of carbonyl (C=O) groups excluding carboxylic acids is 1. The first-order chi connectivity index (χ1) is 8.25. The number of amides is 1. The number of aliphatic hydroxyl groups is 1. The summed E-state index contributed by atoms with van der Waals surface area (Å²) in [6, 6.07) is 0.0114. The van der Waals surface area contributed by atoms with Gasteiger partial charge in [0.2, 0.25) is 5.91 Å². The molecule has 0 spiro atoms. The third-order valence-electron chi connectivity index (χ3n) is 3.95. The molecule has 1 amide bonds. The largest absolute Gasteiger partial charge is 0.393 e. The van der Waals surface area contributed by atoms with Gasteiger partial charge in [0.15, 0.2) is 0 Å². The van der Waals surface area contributed by atoms with Crippen LogP contribution in [0.25, 0.3) is 0 Å². The Labute approximate surface area is 103 Å². The summed E-state index contributed by atoms with van der Waals surface area (Å²) >= 11 is 0. The predicted octanol–water partition coefficient (Wildman–Crippen LogP) is 0.796. The normalized spacial score (nSPS) is 34.3. The van der Waals surface area contributed by atoms with Crippen LogP contribution >= 0.6 is 0 Å². The minimum absolute atomic E-state index is 0.0114. The zero-order valence-corrected chi connectivity index (χ0v) is 10.5. The highest BCUT2D eigenvalue weighted by molar-refractivity contribution is 5.81. The summed E-state index contributed by atoms with van der Waals surface area (Å²) in [6.45, 7) is 1.69. The van der Waals surface area contributed by atoms with Crippen LogP contribution in [0.2, 0.25) is 0 Å². The van der Waals surface area contributed by atoms with Crippen LogP contribution < -0.4 is 10.6 Å². The third-order valence-corrected chi connectivity index (χ3v) is 3.95. The minimum atomic E-state index is -0.154. The topological polar surface area (TPSA) is 61.4 Å². The lowest BCUT2D eigenvalue weighted by atomic mass is 9.87. The summed E-state index contributed by atoms with van der Waals surface area (Å²) in [5.41, 5.74) is 0. The molecule has 2 rings (SSSR count). The number of aliphatic hydroxyl groups excluding tert-OH is 1. The maximum absolute atomic E-state index is 11.9. The molecule has 0 aromatic rings. The van der Waals surface area contributed by atoms with Gasteiger partial charge in [-0.25, -0.2) is 0 Å². The third kappa shape index (κ3) is 3.96. The second-order valence-electron chi connectivity index (χ2n) is 5.43. The summed E-state index contributed by atoms with van der Waals surface area (Å²) in [7, 11) is 0. The Morgan fingerprint density at radius 1 is 1.24 bits per heavy atom. The molecule has 2 aliphatic rings. The average molecular weight is 240 g/mol. The molecule has 3 atom stereocenters. The van der Waals surface area contributed by atoms with Gasteiger partial charge in [-0.1, -0.05) is 12.8 Å². The van der Waals surface area contributed by atoms with Crippen molar-refractivity contribution in [2.75, 3.05) is 13.1 Å². The van der Waals surface area contributed by atoms with E-state index in [4.69, 9.17) is 0 Å². The van der Waals surface area contributed by atoms with Gasteiger partial charge in [0.1, 0.15) is 0 Å². The molecule has 1 saturated heterocycles. The molecule has 1 heterocycles. The van der Waals surface area contributed by atoms with Crippen molar-refractivity contribution >= 4 is 5.91 Å². The van der Waals surface area contributed by atoms with E-state index in [2.05, 4.69) is 10.6 Å². The number of piperidine rings is 1. The fourth-order valence-electron chi connectivity index (χ4n) is 2.89. The highest BCUT2D eigenvalue weighted by Gasteiger charge is 2.23. The lowest BCUT2D eigenvalue weighted by Crippen LogP contribution is -2.48. The molecule has 1 aliphatic heterocycles. The first-order valence-electron chi connectivity index (χ1n) is 6.95. The average Bonchev–Trinajstić information content (AvgIpc) is 2.37. The molecule has 3 N–H and O–H groups in total. The van der Waals surface area contributed by atoms with E-state index in [9.17, 15) is 9.90 Å². The smallest absolute Gasteiger partial charge is 0.237 e. The Bertz CT molecular complexity index is 252. The van der Waals surface area contributed by atoms with E-state index >= 15 is 0 Å². The standard InChI is InChI=1S/C13H24N2O2/c16-11-5-3-4-10(8-11)9-15-13(17)12-6-1-2-7-14-12/h10-12,14,16H,1-9H2,(H,15,17)/t10?,11?,12-/m0/s1. The molecule has 1 saturated carbocycles. The molecule has 2 unspecified atom stereocenters. The molecule has 98 valence electrons. The molecule has 0 bridgehead atoms. The van der Waals surface area contributed by atoms with Gasteiger partial charge in [-0.15, -0.1) is 0 Å². The monoisotopic (exact) mass is 240 g/mol. The molecule has 0 radical (unpaired) electrons. The van der Waals surface area contributed by atoms with Crippen molar-refractivity contribution in [3.8, 4) is 0 Å². The van der Waals surface area contributed by atoms with Gasteiger partial charge >= 0.3 is 0 Å². The van der Waals surface area contributed by atoms with Crippen LogP contribution in [0.15, 0.2) is 0 Å². The molecular weight excluding hydrogens is 216 g/mol. The van der Waals surface area contributed by atoms with Crippen LogP contribution in [-0.4, -0.2) is 36.2 Å². The van der Waals surface area contributed by atoms with E-state index in [0.717, 1.165) is 51.6 Å². The van der Waals surface area contributed by atoms with Crippen molar-refractivity contribution in [2.45, 2.75) is 57.1 Å². The quantitative estimate of drug-likeness (QED) is 0.683. The van der Waals surface area contributed by atoms with Crippen LogP contribution in [0.3, 0.4) is 0 Å². The van der Waals surface area contributed by atoms with E-state index in [1.165, 1.54) is 6.42 Å². The van der Waals surface area contributed by atoms with Crippen molar-refractivity contribution in [2.24, 2.45) is 5.92 Å². The summed E-state index contributed by atoms with van der Waals surface area (Å²) < 4.78 is 0. The molecule has 4 heteroatoms. The number of rotatable bonds is 3. The van der Waals surface area contributed by atoms with Gasteiger partial charge in [0, 0.05) is 6.54 Å². The first kappa shape index (κ1) is 12.8. The van der Waals surface area contributed by atoms with Crippen LogP contribution in [-0.2, 0) is 4.79 Å². The van der Waals surface area contributed by atoms with Gasteiger partial charge in [-0.2, -0.15) is 0 Å². The molecule has 4 nitrogen and oxygen atoms in total. The van der Waals surface area contributed by atoms with E-state index in [1.54, 1.807) is 0 Å². The van der Waals surface area contributed by atoms with Crippen molar-refractivity contribution < 1.29 is 9.90 Å². The van der Waals surface area contributed by atoms with E-state index in [-0.39, 0.29) is 18.1 Å². The van der Waals surface area contributed by atoms with E-state index < -0.39 is 0 Å². The number of nitrogens with one attached hydrogen (secondary N) is 2. The lowest BCUT2D eigenvalue weighted by molar-refractivity contribution is -0.124. The second-order valence-corrected chi connectivity index (χ2v) is 5.43. The van der Waals surface area contributed by atoms with Gasteiger partial charge < -0.3 is 15.7 Å². The van der Waals surface area contributed by atoms with E-state index in [0.29, 0.717) is 5.92 Å². The van der Waals surface area contributed by atoms with Crippen molar-refractivity contribution in [3.63, 3.8) is 0 Å². The fraction of sp³-hybridized carbons (Fsp3) is 0.923. The number of hydrogen-bond acceptors (Lipinski definition) is 3. The molecular formula is C13H24N2O2.